The monoisotopic (exact) mass is 410 g/mol. The number of rotatable bonds is 4. The Labute approximate surface area is 150 Å². The van der Waals surface area contributed by atoms with E-state index in [2.05, 4.69) is 30.9 Å². The van der Waals surface area contributed by atoms with Crippen LogP contribution in [0.2, 0.25) is 0 Å². The molecule has 2 heterocycles. The first-order valence-electron chi connectivity index (χ1n) is 7.43. The summed E-state index contributed by atoms with van der Waals surface area (Å²) in [6.45, 7) is -1.11. The molecule has 1 aliphatic heterocycles. The Bertz CT molecular complexity index is 862. The SMILES string of the molecule is CCc1[nH]nc2c1C(c1cc(Br)ccc1OC(F)F)C(C#N)C(=N)O2. The number of alkyl halides is 2. The minimum Gasteiger partial charge on any atom is -0.435 e. The highest BCUT2D eigenvalue weighted by atomic mass is 79.9. The molecule has 2 atom stereocenters. The van der Waals surface area contributed by atoms with Gasteiger partial charge in [0.05, 0.1) is 6.07 Å². The van der Waals surface area contributed by atoms with E-state index in [0.717, 1.165) is 5.69 Å². The Morgan fingerprint density at radius 3 is 2.92 bits per heavy atom. The van der Waals surface area contributed by atoms with Gasteiger partial charge in [0.2, 0.25) is 11.8 Å². The highest BCUT2D eigenvalue weighted by Crippen LogP contribution is 2.46. The van der Waals surface area contributed by atoms with Crippen LogP contribution in [0.25, 0.3) is 0 Å². The van der Waals surface area contributed by atoms with Crippen molar-refractivity contribution < 1.29 is 18.3 Å². The number of nitriles is 1. The summed E-state index contributed by atoms with van der Waals surface area (Å²) >= 11 is 3.32. The molecule has 25 heavy (non-hydrogen) atoms. The van der Waals surface area contributed by atoms with Crippen LogP contribution in [0.1, 0.15) is 29.7 Å². The lowest BCUT2D eigenvalue weighted by Crippen LogP contribution is -2.31. The van der Waals surface area contributed by atoms with Gasteiger partial charge in [0.1, 0.15) is 11.7 Å². The minimum atomic E-state index is -3.01. The smallest absolute Gasteiger partial charge is 0.387 e. The van der Waals surface area contributed by atoms with Gasteiger partial charge in [0, 0.05) is 27.2 Å². The van der Waals surface area contributed by atoms with E-state index in [1.54, 1.807) is 12.1 Å². The molecule has 2 aromatic rings. The van der Waals surface area contributed by atoms with E-state index in [-0.39, 0.29) is 17.5 Å². The number of ether oxygens (including phenoxy) is 2. The Balaban J connectivity index is 2.24. The maximum absolute atomic E-state index is 12.8. The van der Waals surface area contributed by atoms with Crippen LogP contribution >= 0.6 is 15.9 Å². The van der Waals surface area contributed by atoms with E-state index >= 15 is 0 Å². The summed E-state index contributed by atoms with van der Waals surface area (Å²) in [7, 11) is 0. The number of aryl methyl sites for hydroxylation is 1. The normalized spacial score (nSPS) is 19.3. The zero-order valence-corrected chi connectivity index (χ0v) is 14.6. The number of hydrogen-bond acceptors (Lipinski definition) is 5. The van der Waals surface area contributed by atoms with Crippen molar-refractivity contribution in [2.45, 2.75) is 25.9 Å². The molecule has 1 aromatic carbocycles. The Morgan fingerprint density at radius 1 is 1.52 bits per heavy atom. The lowest BCUT2D eigenvalue weighted by atomic mass is 9.79. The molecule has 1 aromatic heterocycles. The fraction of sp³-hybridized carbons (Fsp3) is 0.312. The van der Waals surface area contributed by atoms with Gasteiger partial charge >= 0.3 is 6.61 Å². The molecule has 130 valence electrons. The van der Waals surface area contributed by atoms with Crippen LogP contribution in [0.4, 0.5) is 8.78 Å². The van der Waals surface area contributed by atoms with Gasteiger partial charge in [-0.1, -0.05) is 22.9 Å². The summed E-state index contributed by atoms with van der Waals surface area (Å²) in [5.74, 6) is -1.84. The van der Waals surface area contributed by atoms with Crippen molar-refractivity contribution in [2.24, 2.45) is 5.92 Å². The van der Waals surface area contributed by atoms with E-state index in [1.165, 1.54) is 6.07 Å². The number of aromatic nitrogens is 2. The van der Waals surface area contributed by atoms with Gasteiger partial charge in [-0.15, -0.1) is 5.10 Å². The average Bonchev–Trinajstić information content (AvgIpc) is 2.97. The first-order valence-corrected chi connectivity index (χ1v) is 8.22. The van der Waals surface area contributed by atoms with Crippen LogP contribution in [0.15, 0.2) is 22.7 Å². The second kappa shape index (κ2) is 6.80. The minimum absolute atomic E-state index is 0.0487. The molecule has 0 aliphatic carbocycles. The number of nitrogens with zero attached hydrogens (tertiary/aromatic N) is 2. The molecule has 0 spiro atoms. The van der Waals surface area contributed by atoms with Crippen molar-refractivity contribution >= 4 is 21.8 Å². The average molecular weight is 411 g/mol. The zero-order valence-electron chi connectivity index (χ0n) is 13.0. The van der Waals surface area contributed by atoms with Crippen molar-refractivity contribution in [1.82, 2.24) is 10.2 Å². The molecular weight excluding hydrogens is 398 g/mol. The first-order chi connectivity index (χ1) is 12.0. The van der Waals surface area contributed by atoms with Crippen LogP contribution in [0.5, 0.6) is 11.6 Å². The summed E-state index contributed by atoms with van der Waals surface area (Å²) in [6, 6.07) is 6.63. The number of hydrogen-bond donors (Lipinski definition) is 2. The Kier molecular flexibility index (Phi) is 4.72. The third-order valence-corrected chi connectivity index (χ3v) is 4.49. The highest BCUT2D eigenvalue weighted by molar-refractivity contribution is 9.10. The summed E-state index contributed by atoms with van der Waals surface area (Å²) < 4.78 is 36.3. The lowest BCUT2D eigenvalue weighted by molar-refractivity contribution is -0.0506. The Hall–Kier alpha value is -2.47. The molecule has 0 fully saturated rings. The van der Waals surface area contributed by atoms with Gasteiger partial charge in [-0.3, -0.25) is 10.5 Å². The molecule has 9 heteroatoms. The highest BCUT2D eigenvalue weighted by Gasteiger charge is 2.41. The molecule has 0 amide bonds. The van der Waals surface area contributed by atoms with E-state index < -0.39 is 18.4 Å². The van der Waals surface area contributed by atoms with Crippen molar-refractivity contribution in [3.05, 3.63) is 39.5 Å². The molecule has 2 unspecified atom stereocenters. The third kappa shape index (κ3) is 3.09. The van der Waals surface area contributed by atoms with Crippen LogP contribution < -0.4 is 9.47 Å². The predicted octanol–water partition coefficient (Wildman–Crippen LogP) is 3.98. The fourth-order valence-electron chi connectivity index (χ4n) is 2.96. The third-order valence-electron chi connectivity index (χ3n) is 4.00. The van der Waals surface area contributed by atoms with Gasteiger partial charge < -0.3 is 9.47 Å². The summed E-state index contributed by atoms with van der Waals surface area (Å²) in [5, 5.41) is 24.4. The van der Waals surface area contributed by atoms with Crippen LogP contribution in [0.3, 0.4) is 0 Å². The van der Waals surface area contributed by atoms with Crippen LogP contribution in [-0.2, 0) is 6.42 Å². The number of halogens is 3. The quantitative estimate of drug-likeness (QED) is 0.796. The molecule has 1 aliphatic rings. The maximum Gasteiger partial charge on any atom is 0.387 e. The van der Waals surface area contributed by atoms with Crippen LogP contribution in [0, 0.1) is 22.7 Å². The summed E-state index contributed by atoms with van der Waals surface area (Å²) in [4.78, 5) is 0. The molecule has 0 bridgehead atoms. The van der Waals surface area contributed by atoms with Crippen LogP contribution in [-0.4, -0.2) is 22.7 Å². The number of H-pyrrole nitrogens is 1. The fourth-order valence-corrected chi connectivity index (χ4v) is 3.33. The summed E-state index contributed by atoms with van der Waals surface area (Å²) in [6.07, 6.45) is 0.576. The van der Waals surface area contributed by atoms with Crippen molar-refractivity contribution in [2.75, 3.05) is 0 Å². The number of nitrogens with one attached hydrogen (secondary N) is 2. The molecule has 0 saturated carbocycles. The van der Waals surface area contributed by atoms with Gasteiger partial charge in [-0.05, 0) is 24.6 Å². The molecule has 2 N–H and O–H groups in total. The Morgan fingerprint density at radius 2 is 2.28 bits per heavy atom. The predicted molar refractivity (Wildman–Crippen MR) is 88.0 cm³/mol. The van der Waals surface area contributed by atoms with Gasteiger partial charge in [-0.25, -0.2) is 0 Å². The molecular formula is C16H13BrF2N4O2. The van der Waals surface area contributed by atoms with E-state index in [1.807, 2.05) is 13.0 Å². The standard InChI is InChI=1S/C16H13BrF2N4O2/c1-2-10-13-12(9(6-20)14(21)25-15(13)23-22-10)8-5-7(17)3-4-11(8)24-16(18)19/h3-5,9,12,16,21H,2H2,1H3,(H,22,23). The second-order valence-corrected chi connectivity index (χ2v) is 6.30. The van der Waals surface area contributed by atoms with Crippen molar-refractivity contribution in [1.29, 1.82) is 10.7 Å². The molecule has 6 nitrogen and oxygen atoms in total. The van der Waals surface area contributed by atoms with E-state index in [4.69, 9.17) is 10.1 Å². The number of benzene rings is 1. The van der Waals surface area contributed by atoms with Crippen molar-refractivity contribution in [3.8, 4) is 17.7 Å². The molecule has 0 saturated heterocycles. The van der Waals surface area contributed by atoms with Gasteiger partial charge in [0.25, 0.3) is 0 Å². The summed E-state index contributed by atoms with van der Waals surface area (Å²) in [5.41, 5.74) is 1.67. The second-order valence-electron chi connectivity index (χ2n) is 5.39. The maximum atomic E-state index is 12.8. The topological polar surface area (TPSA) is 94.8 Å². The van der Waals surface area contributed by atoms with E-state index in [0.29, 0.717) is 22.0 Å². The van der Waals surface area contributed by atoms with E-state index in [9.17, 15) is 14.0 Å². The zero-order chi connectivity index (χ0) is 18.1. The molecule has 0 radical (unpaired) electrons. The van der Waals surface area contributed by atoms with Gasteiger partial charge in [0.15, 0.2) is 0 Å². The molecule has 3 rings (SSSR count). The number of aromatic amines is 1. The lowest BCUT2D eigenvalue weighted by Gasteiger charge is -2.29. The largest absolute Gasteiger partial charge is 0.435 e. The van der Waals surface area contributed by atoms with Crippen molar-refractivity contribution in [3.63, 3.8) is 0 Å². The number of fused-ring (bicyclic) bond motifs is 1. The first kappa shape index (κ1) is 17.4. The van der Waals surface area contributed by atoms with Gasteiger partial charge in [-0.2, -0.15) is 14.0 Å².